The first-order valence-electron chi connectivity index (χ1n) is 4.49. The summed E-state index contributed by atoms with van der Waals surface area (Å²) >= 11 is 0. The minimum absolute atomic E-state index is 0.674. The van der Waals surface area contributed by atoms with Crippen molar-refractivity contribution in [2.75, 3.05) is 0 Å². The summed E-state index contributed by atoms with van der Waals surface area (Å²) < 4.78 is 0. The largest absolute Gasteiger partial charge is 0.265 e. The summed E-state index contributed by atoms with van der Waals surface area (Å²) in [6.45, 7) is 4.00. The third-order valence-electron chi connectivity index (χ3n) is 1.43. The van der Waals surface area contributed by atoms with Crippen LogP contribution in [0.3, 0.4) is 0 Å². The molecule has 0 unspecified atom stereocenters. The van der Waals surface area contributed by atoms with Crippen LogP contribution in [-0.2, 0) is 0 Å². The van der Waals surface area contributed by atoms with E-state index in [0.29, 0.717) is 5.82 Å². The van der Waals surface area contributed by atoms with Crippen LogP contribution in [-0.4, -0.2) is 19.9 Å². The van der Waals surface area contributed by atoms with E-state index < -0.39 is 0 Å². The smallest absolute Gasteiger partial charge is 0.162 e. The SMILES string of the molecule is CC.c1cc(-c2ncncn2)ccn1. The number of rotatable bonds is 1. The molecule has 0 bridgehead atoms. The average molecular weight is 188 g/mol. The second-order valence-corrected chi connectivity index (χ2v) is 2.20. The van der Waals surface area contributed by atoms with Gasteiger partial charge in [-0.15, -0.1) is 0 Å². The Bertz CT molecular complexity index is 310. The Kier molecular flexibility index (Phi) is 4.20. The van der Waals surface area contributed by atoms with Gasteiger partial charge in [0.15, 0.2) is 5.82 Å². The van der Waals surface area contributed by atoms with Gasteiger partial charge in [0, 0.05) is 18.0 Å². The van der Waals surface area contributed by atoms with Gasteiger partial charge in [-0.25, -0.2) is 15.0 Å². The predicted octanol–water partition coefficient (Wildman–Crippen LogP) is 1.96. The summed E-state index contributed by atoms with van der Waals surface area (Å²) in [7, 11) is 0. The van der Waals surface area contributed by atoms with Crippen LogP contribution < -0.4 is 0 Å². The van der Waals surface area contributed by atoms with Crippen molar-refractivity contribution in [3.63, 3.8) is 0 Å². The molecule has 0 N–H and O–H groups in total. The Morgan fingerprint density at radius 3 is 2.00 bits per heavy atom. The quantitative estimate of drug-likeness (QED) is 0.686. The third-order valence-corrected chi connectivity index (χ3v) is 1.43. The van der Waals surface area contributed by atoms with Crippen molar-refractivity contribution >= 4 is 0 Å². The molecule has 4 heteroatoms. The fourth-order valence-electron chi connectivity index (χ4n) is 0.889. The van der Waals surface area contributed by atoms with Crippen LogP contribution in [0.25, 0.3) is 11.4 Å². The zero-order chi connectivity index (χ0) is 10.2. The second-order valence-electron chi connectivity index (χ2n) is 2.20. The monoisotopic (exact) mass is 188 g/mol. The van der Waals surface area contributed by atoms with E-state index in [4.69, 9.17) is 0 Å². The number of hydrogen-bond donors (Lipinski definition) is 0. The molecule has 2 aromatic rings. The van der Waals surface area contributed by atoms with Crippen LogP contribution in [0.4, 0.5) is 0 Å². The fourth-order valence-corrected chi connectivity index (χ4v) is 0.889. The van der Waals surface area contributed by atoms with E-state index in [-0.39, 0.29) is 0 Å². The van der Waals surface area contributed by atoms with Crippen LogP contribution in [0.1, 0.15) is 13.8 Å². The van der Waals surface area contributed by atoms with Gasteiger partial charge in [-0.1, -0.05) is 13.8 Å². The molecule has 72 valence electrons. The van der Waals surface area contributed by atoms with Gasteiger partial charge in [0.1, 0.15) is 12.7 Å². The first-order chi connectivity index (χ1) is 6.97. The maximum atomic E-state index is 4.00. The van der Waals surface area contributed by atoms with E-state index in [1.54, 1.807) is 12.4 Å². The number of hydrogen-bond acceptors (Lipinski definition) is 4. The number of nitrogens with zero attached hydrogens (tertiary/aromatic N) is 4. The molecule has 2 aromatic heterocycles. The molecular formula is C10H12N4. The van der Waals surface area contributed by atoms with Gasteiger partial charge in [0.25, 0.3) is 0 Å². The standard InChI is InChI=1S/C8H6N4.C2H6/c1-3-9-4-2-7(1)8-11-5-10-6-12-8;1-2/h1-6H;1-2H3. The summed E-state index contributed by atoms with van der Waals surface area (Å²) in [5, 5.41) is 0. The highest BCUT2D eigenvalue weighted by molar-refractivity contribution is 5.52. The molecule has 0 saturated carbocycles. The minimum atomic E-state index is 0.674. The Hall–Kier alpha value is -1.84. The normalized spacial score (nSPS) is 8.71. The summed E-state index contributed by atoms with van der Waals surface area (Å²) in [4.78, 5) is 15.6. The van der Waals surface area contributed by atoms with E-state index in [9.17, 15) is 0 Å². The highest BCUT2D eigenvalue weighted by Crippen LogP contribution is 2.09. The van der Waals surface area contributed by atoms with Crippen molar-refractivity contribution in [2.24, 2.45) is 0 Å². The van der Waals surface area contributed by atoms with Gasteiger partial charge < -0.3 is 0 Å². The van der Waals surface area contributed by atoms with Gasteiger partial charge in [0.05, 0.1) is 0 Å². The lowest BCUT2D eigenvalue weighted by Crippen LogP contribution is -1.88. The van der Waals surface area contributed by atoms with Gasteiger partial charge >= 0.3 is 0 Å². The molecule has 0 atom stereocenters. The molecule has 0 fully saturated rings. The predicted molar refractivity (Wildman–Crippen MR) is 54.4 cm³/mol. The molecule has 2 heterocycles. The van der Waals surface area contributed by atoms with Crippen LogP contribution >= 0.6 is 0 Å². The lowest BCUT2D eigenvalue weighted by atomic mass is 10.2. The van der Waals surface area contributed by atoms with Crippen molar-refractivity contribution < 1.29 is 0 Å². The Balaban J connectivity index is 0.000000461. The maximum Gasteiger partial charge on any atom is 0.162 e. The van der Waals surface area contributed by atoms with E-state index in [2.05, 4.69) is 19.9 Å². The molecule has 2 rings (SSSR count). The van der Waals surface area contributed by atoms with Crippen LogP contribution in [0, 0.1) is 0 Å². The van der Waals surface area contributed by atoms with Crippen LogP contribution in [0.2, 0.25) is 0 Å². The topological polar surface area (TPSA) is 51.6 Å². The Morgan fingerprint density at radius 2 is 1.43 bits per heavy atom. The van der Waals surface area contributed by atoms with E-state index in [0.717, 1.165) is 5.56 Å². The minimum Gasteiger partial charge on any atom is -0.265 e. The van der Waals surface area contributed by atoms with Crippen molar-refractivity contribution in [1.82, 2.24) is 19.9 Å². The van der Waals surface area contributed by atoms with Crippen molar-refractivity contribution in [3.8, 4) is 11.4 Å². The number of pyridine rings is 1. The lowest BCUT2D eigenvalue weighted by Gasteiger charge is -1.95. The second kappa shape index (κ2) is 5.75. The molecule has 0 aliphatic rings. The van der Waals surface area contributed by atoms with Gasteiger partial charge in [-0.3, -0.25) is 4.98 Å². The summed E-state index contributed by atoms with van der Waals surface area (Å²) in [5.74, 6) is 0.674. The zero-order valence-electron chi connectivity index (χ0n) is 8.25. The molecule has 0 aliphatic carbocycles. The van der Waals surface area contributed by atoms with Crippen molar-refractivity contribution in [1.29, 1.82) is 0 Å². The van der Waals surface area contributed by atoms with Crippen molar-refractivity contribution in [2.45, 2.75) is 13.8 Å². The van der Waals surface area contributed by atoms with E-state index in [1.807, 2.05) is 26.0 Å². The highest BCUT2D eigenvalue weighted by atomic mass is 15.0. The summed E-state index contributed by atoms with van der Waals surface area (Å²) in [6.07, 6.45) is 6.36. The fraction of sp³-hybridized carbons (Fsp3) is 0.200. The molecule has 0 spiro atoms. The molecule has 0 saturated heterocycles. The Labute approximate surface area is 83.1 Å². The maximum absolute atomic E-state index is 4.00. The zero-order valence-corrected chi connectivity index (χ0v) is 8.25. The van der Waals surface area contributed by atoms with Gasteiger partial charge in [-0.05, 0) is 12.1 Å². The molecule has 0 radical (unpaired) electrons. The number of aromatic nitrogens is 4. The first kappa shape index (κ1) is 10.2. The van der Waals surface area contributed by atoms with Gasteiger partial charge in [-0.2, -0.15) is 0 Å². The molecule has 0 aromatic carbocycles. The summed E-state index contributed by atoms with van der Waals surface area (Å²) in [6, 6.07) is 3.71. The third kappa shape index (κ3) is 2.58. The lowest BCUT2D eigenvalue weighted by molar-refractivity contribution is 1.05. The van der Waals surface area contributed by atoms with Crippen molar-refractivity contribution in [3.05, 3.63) is 37.2 Å². The molecular weight excluding hydrogens is 176 g/mol. The van der Waals surface area contributed by atoms with Crippen LogP contribution in [0.5, 0.6) is 0 Å². The van der Waals surface area contributed by atoms with E-state index >= 15 is 0 Å². The molecule has 4 nitrogen and oxygen atoms in total. The van der Waals surface area contributed by atoms with Crippen LogP contribution in [0.15, 0.2) is 37.2 Å². The van der Waals surface area contributed by atoms with Gasteiger partial charge in [0.2, 0.25) is 0 Å². The highest BCUT2D eigenvalue weighted by Gasteiger charge is 1.96. The first-order valence-corrected chi connectivity index (χ1v) is 4.49. The Morgan fingerprint density at radius 1 is 0.857 bits per heavy atom. The molecule has 0 amide bonds. The average Bonchev–Trinajstić information content (AvgIpc) is 2.34. The molecule has 14 heavy (non-hydrogen) atoms. The molecule has 0 aliphatic heterocycles. The summed E-state index contributed by atoms with van der Waals surface area (Å²) in [5.41, 5.74) is 0.951. The van der Waals surface area contributed by atoms with E-state index in [1.165, 1.54) is 12.7 Å².